The Kier molecular flexibility index (Phi) is 6.25. The predicted octanol–water partition coefficient (Wildman–Crippen LogP) is 3.05. The molecule has 0 N–H and O–H groups in total. The first-order valence-corrected chi connectivity index (χ1v) is 8.42. The van der Waals surface area contributed by atoms with Crippen molar-refractivity contribution in [3.63, 3.8) is 0 Å². The molecule has 2 saturated heterocycles. The van der Waals surface area contributed by atoms with Crippen molar-refractivity contribution in [2.24, 2.45) is 5.92 Å². The van der Waals surface area contributed by atoms with Gasteiger partial charge in [0.25, 0.3) is 0 Å². The molecule has 0 aromatic carbocycles. The Hall–Kier alpha value is -0.0300. The lowest BCUT2D eigenvalue weighted by atomic mass is 9.82. The summed E-state index contributed by atoms with van der Waals surface area (Å²) in [6.07, 6.45) is 4.98. The van der Waals surface area contributed by atoms with E-state index < -0.39 is 17.7 Å². The molecule has 0 saturated carbocycles. The molecule has 2 aliphatic rings. The van der Waals surface area contributed by atoms with E-state index in [4.69, 9.17) is 24.8 Å². The van der Waals surface area contributed by atoms with Crippen LogP contribution in [0.2, 0.25) is 0 Å². The average molecular weight is 333 g/mol. The van der Waals surface area contributed by atoms with E-state index in [1.807, 2.05) is 19.9 Å². The van der Waals surface area contributed by atoms with Crippen LogP contribution in [-0.2, 0) is 23.5 Å². The van der Waals surface area contributed by atoms with Gasteiger partial charge >= 0.3 is 0 Å². The van der Waals surface area contributed by atoms with E-state index in [-0.39, 0.29) is 5.92 Å². The van der Waals surface area contributed by atoms with Gasteiger partial charge in [-0.15, -0.1) is 0 Å². The van der Waals surface area contributed by atoms with E-state index in [0.717, 1.165) is 12.8 Å². The standard InChI is InChI=1S/C16H29O5P/c1-4-8-16(12-20-22)13(11-19-15(2,3)21-16)6-5-7-14-17-9-10-18-14/h5-6,13-14H,4,7-12,22H2,1-3H3/b6-5+/t13-,16?/m1/s1/i14D. The zero-order valence-corrected chi connectivity index (χ0v) is 15.0. The maximum absolute atomic E-state index is 8.04. The molecule has 6 heteroatoms. The fourth-order valence-electron chi connectivity index (χ4n) is 3.08. The van der Waals surface area contributed by atoms with Gasteiger partial charge in [0.15, 0.2) is 12.1 Å². The summed E-state index contributed by atoms with van der Waals surface area (Å²) in [5.74, 6) is -0.571. The molecule has 0 aromatic rings. The van der Waals surface area contributed by atoms with Crippen LogP contribution < -0.4 is 0 Å². The number of hydrogen-bond donors (Lipinski definition) is 0. The monoisotopic (exact) mass is 333 g/mol. The van der Waals surface area contributed by atoms with Gasteiger partial charge in [-0.05, 0) is 20.3 Å². The Balaban J connectivity index is 2.09. The van der Waals surface area contributed by atoms with Gasteiger partial charge in [0.1, 0.15) is 5.60 Å². The number of ether oxygens (including phenoxy) is 4. The Morgan fingerprint density at radius 1 is 1.36 bits per heavy atom. The summed E-state index contributed by atoms with van der Waals surface area (Å²) in [6.45, 7) is 7.98. The van der Waals surface area contributed by atoms with Gasteiger partial charge in [-0.25, -0.2) is 0 Å². The molecular weight excluding hydrogens is 303 g/mol. The number of rotatable bonds is 7. The molecule has 2 fully saturated rings. The first-order chi connectivity index (χ1) is 10.8. The second kappa shape index (κ2) is 8.18. The molecule has 0 spiro atoms. The highest BCUT2D eigenvalue weighted by Gasteiger charge is 2.47. The molecule has 2 rings (SSSR count). The highest BCUT2D eigenvalue weighted by molar-refractivity contribution is 7.09. The molecule has 0 radical (unpaired) electrons. The third kappa shape index (κ3) is 4.73. The minimum Gasteiger partial charge on any atom is -0.363 e. The summed E-state index contributed by atoms with van der Waals surface area (Å²) in [5.41, 5.74) is -0.429. The van der Waals surface area contributed by atoms with Gasteiger partial charge in [0.05, 0.1) is 27.8 Å². The predicted molar refractivity (Wildman–Crippen MR) is 87.4 cm³/mol. The molecule has 5 nitrogen and oxygen atoms in total. The minimum absolute atomic E-state index is 0.0565. The third-order valence-electron chi connectivity index (χ3n) is 4.00. The van der Waals surface area contributed by atoms with Crippen molar-refractivity contribution in [2.75, 3.05) is 26.4 Å². The first kappa shape index (κ1) is 16.8. The van der Waals surface area contributed by atoms with Crippen molar-refractivity contribution < 1.29 is 24.8 Å². The second-order valence-electron chi connectivity index (χ2n) is 6.25. The highest BCUT2D eigenvalue weighted by atomic mass is 31.0. The fraction of sp³-hybridized carbons (Fsp3) is 0.875. The van der Waals surface area contributed by atoms with E-state index in [9.17, 15) is 0 Å². The molecule has 2 heterocycles. The lowest BCUT2D eigenvalue weighted by molar-refractivity contribution is -0.331. The van der Waals surface area contributed by atoms with Crippen LogP contribution in [-0.4, -0.2) is 44.1 Å². The average Bonchev–Trinajstić information content (AvgIpc) is 2.88. The highest BCUT2D eigenvalue weighted by Crippen LogP contribution is 2.39. The summed E-state index contributed by atoms with van der Waals surface area (Å²) in [6, 6.07) is 0. The van der Waals surface area contributed by atoms with Crippen LogP contribution in [0.3, 0.4) is 0 Å². The van der Waals surface area contributed by atoms with Crippen molar-refractivity contribution >= 4 is 9.47 Å². The van der Waals surface area contributed by atoms with Crippen LogP contribution in [0.1, 0.15) is 41.4 Å². The van der Waals surface area contributed by atoms with Crippen LogP contribution in [0.25, 0.3) is 0 Å². The molecule has 128 valence electrons. The largest absolute Gasteiger partial charge is 0.363 e. The van der Waals surface area contributed by atoms with Crippen LogP contribution >= 0.6 is 9.47 Å². The topological polar surface area (TPSA) is 46.2 Å². The normalized spacial score (nSPS) is 34.9. The SMILES string of the molecule is [2H]C1(C/C=C/[C@@H]2COC(C)(C)OC2(CCC)COP)OCCO1. The summed E-state index contributed by atoms with van der Waals surface area (Å²) < 4.78 is 36.1. The summed E-state index contributed by atoms with van der Waals surface area (Å²) >= 11 is 0. The fourth-order valence-corrected chi connectivity index (χ4v) is 3.36. The van der Waals surface area contributed by atoms with E-state index in [1.165, 1.54) is 0 Å². The van der Waals surface area contributed by atoms with Crippen molar-refractivity contribution in [1.29, 1.82) is 0 Å². The van der Waals surface area contributed by atoms with Crippen molar-refractivity contribution in [1.82, 2.24) is 0 Å². The zero-order valence-electron chi connectivity index (χ0n) is 14.8. The molecule has 3 atom stereocenters. The number of hydrogen-bond acceptors (Lipinski definition) is 5. The van der Waals surface area contributed by atoms with E-state index >= 15 is 0 Å². The molecule has 0 bridgehead atoms. The smallest absolute Gasteiger partial charge is 0.163 e. The molecule has 22 heavy (non-hydrogen) atoms. The van der Waals surface area contributed by atoms with Gasteiger partial charge in [0, 0.05) is 21.8 Å². The minimum atomic E-state index is -1.25. The molecule has 0 aromatic heterocycles. The van der Waals surface area contributed by atoms with Crippen molar-refractivity contribution in [3.8, 4) is 0 Å². The third-order valence-corrected chi connectivity index (χ3v) is 4.17. The Labute approximate surface area is 137 Å². The van der Waals surface area contributed by atoms with Crippen LogP contribution in [0.5, 0.6) is 0 Å². The summed E-state index contributed by atoms with van der Waals surface area (Å²) in [7, 11) is 2.31. The molecular formula is C16H29O5P. The Bertz CT molecular complexity index is 403. The van der Waals surface area contributed by atoms with Gasteiger partial charge in [-0.2, -0.15) is 0 Å². The van der Waals surface area contributed by atoms with Gasteiger partial charge in [-0.1, -0.05) is 25.5 Å². The molecule has 2 unspecified atom stereocenters. The van der Waals surface area contributed by atoms with Crippen molar-refractivity contribution in [3.05, 3.63) is 12.2 Å². The van der Waals surface area contributed by atoms with Crippen LogP contribution in [0.15, 0.2) is 12.2 Å². The van der Waals surface area contributed by atoms with E-state index in [2.05, 4.69) is 22.5 Å². The summed E-state index contributed by atoms with van der Waals surface area (Å²) in [5, 5.41) is 0. The molecule has 0 amide bonds. The maximum atomic E-state index is 8.04. The van der Waals surface area contributed by atoms with E-state index in [0.29, 0.717) is 32.8 Å². The van der Waals surface area contributed by atoms with Gasteiger partial charge in [0.2, 0.25) is 0 Å². The zero-order chi connectivity index (χ0) is 17.0. The summed E-state index contributed by atoms with van der Waals surface area (Å²) in [4.78, 5) is 0. The maximum Gasteiger partial charge on any atom is 0.163 e. The second-order valence-corrected chi connectivity index (χ2v) is 6.58. The van der Waals surface area contributed by atoms with Gasteiger partial charge in [-0.3, -0.25) is 0 Å². The van der Waals surface area contributed by atoms with Crippen molar-refractivity contribution in [2.45, 2.75) is 57.7 Å². The quantitative estimate of drug-likeness (QED) is 0.529. The first-order valence-electron chi connectivity index (χ1n) is 8.45. The Morgan fingerprint density at radius 3 is 2.73 bits per heavy atom. The molecule has 0 aliphatic carbocycles. The lowest BCUT2D eigenvalue weighted by Gasteiger charge is -2.49. The van der Waals surface area contributed by atoms with Crippen LogP contribution in [0.4, 0.5) is 0 Å². The molecule has 2 aliphatic heterocycles. The van der Waals surface area contributed by atoms with Gasteiger partial charge < -0.3 is 23.5 Å². The van der Waals surface area contributed by atoms with E-state index in [1.54, 1.807) is 0 Å². The Morgan fingerprint density at radius 2 is 2.09 bits per heavy atom. The van der Waals surface area contributed by atoms with Crippen LogP contribution in [0, 0.1) is 5.92 Å². The lowest BCUT2D eigenvalue weighted by Crippen LogP contribution is -2.56.